The van der Waals surface area contributed by atoms with E-state index >= 15 is 0 Å². The molecule has 0 radical (unpaired) electrons. The number of H-pyrrole nitrogens is 1. The second-order valence-corrected chi connectivity index (χ2v) is 7.15. The Bertz CT molecular complexity index is 1010. The number of hydrogen-bond acceptors (Lipinski definition) is 4. The molecule has 0 aliphatic heterocycles. The largest absolute Gasteiger partial charge is 0.369 e. The predicted molar refractivity (Wildman–Crippen MR) is 112 cm³/mol. The number of nitrogens with zero attached hydrogens (tertiary/aromatic N) is 2. The maximum absolute atomic E-state index is 11.9. The summed E-state index contributed by atoms with van der Waals surface area (Å²) in [6, 6.07) is 17.4. The van der Waals surface area contributed by atoms with Crippen molar-refractivity contribution in [1.29, 1.82) is 0 Å². The number of aromatic nitrogens is 2. The van der Waals surface area contributed by atoms with Crippen LogP contribution < -0.4 is 16.6 Å². The van der Waals surface area contributed by atoms with Crippen molar-refractivity contribution >= 4 is 29.4 Å². The smallest absolute Gasteiger partial charge is 0.252 e. The van der Waals surface area contributed by atoms with Crippen LogP contribution in [0.4, 0.5) is 11.6 Å². The van der Waals surface area contributed by atoms with Crippen LogP contribution in [0.1, 0.15) is 16.8 Å². The lowest BCUT2D eigenvalue weighted by Gasteiger charge is -2.08. The van der Waals surface area contributed by atoms with Gasteiger partial charge in [0.05, 0.1) is 5.69 Å². The summed E-state index contributed by atoms with van der Waals surface area (Å²) < 4.78 is 0. The van der Waals surface area contributed by atoms with Gasteiger partial charge in [-0.05, 0) is 37.6 Å². The third-order valence-electron chi connectivity index (χ3n) is 3.82. The quantitative estimate of drug-likeness (QED) is 0.356. The van der Waals surface area contributed by atoms with Gasteiger partial charge in [-0.3, -0.25) is 9.78 Å². The first-order valence-electron chi connectivity index (χ1n) is 8.46. The second-order valence-electron chi connectivity index (χ2n) is 6.10. The van der Waals surface area contributed by atoms with Gasteiger partial charge in [0.15, 0.2) is 0 Å². The van der Waals surface area contributed by atoms with Crippen LogP contribution in [0.5, 0.6) is 0 Å². The van der Waals surface area contributed by atoms with E-state index in [1.165, 1.54) is 11.6 Å². The van der Waals surface area contributed by atoms with Crippen molar-refractivity contribution in [3.8, 4) is 0 Å². The van der Waals surface area contributed by atoms with E-state index in [1.54, 1.807) is 11.8 Å². The zero-order chi connectivity index (χ0) is 19.2. The average Bonchev–Trinajstić information content (AvgIpc) is 2.63. The lowest BCUT2D eigenvalue weighted by Crippen LogP contribution is -2.23. The molecular weight excluding hydrogens is 358 g/mol. The van der Waals surface area contributed by atoms with E-state index in [-0.39, 0.29) is 17.5 Å². The molecular formula is C20H21N5OS. The molecule has 0 bridgehead atoms. The first kappa shape index (κ1) is 18.7. The lowest BCUT2D eigenvalue weighted by molar-refractivity contribution is 1.04. The Morgan fingerprint density at radius 1 is 1.19 bits per heavy atom. The number of rotatable bonds is 5. The second kappa shape index (κ2) is 8.55. The Labute approximate surface area is 162 Å². The molecule has 0 fully saturated rings. The molecule has 0 spiro atoms. The Kier molecular flexibility index (Phi) is 5.93. The van der Waals surface area contributed by atoms with Gasteiger partial charge in [0.2, 0.25) is 11.9 Å². The monoisotopic (exact) mass is 379 g/mol. The maximum Gasteiger partial charge on any atom is 0.252 e. The number of aryl methyl sites for hydroxylation is 2. The van der Waals surface area contributed by atoms with Crippen LogP contribution in [-0.2, 0) is 5.75 Å². The van der Waals surface area contributed by atoms with Crippen LogP contribution in [0.3, 0.4) is 0 Å². The van der Waals surface area contributed by atoms with E-state index in [1.807, 2.05) is 38.1 Å². The molecule has 0 aliphatic rings. The molecule has 6 nitrogen and oxygen atoms in total. The molecule has 0 atom stereocenters. The predicted octanol–water partition coefficient (Wildman–Crippen LogP) is 3.74. The van der Waals surface area contributed by atoms with Crippen LogP contribution in [-0.4, -0.2) is 15.9 Å². The molecule has 0 aliphatic carbocycles. The zero-order valence-corrected chi connectivity index (χ0v) is 16.0. The summed E-state index contributed by atoms with van der Waals surface area (Å²) in [4.78, 5) is 24.2. The number of nitrogens with two attached hydrogens (primary N) is 1. The minimum atomic E-state index is -0.257. The Morgan fingerprint density at radius 3 is 2.67 bits per heavy atom. The van der Waals surface area contributed by atoms with Gasteiger partial charge in [0.1, 0.15) is 0 Å². The molecule has 0 amide bonds. The van der Waals surface area contributed by atoms with E-state index in [0.29, 0.717) is 11.4 Å². The third kappa shape index (κ3) is 5.46. The number of nitrogens with one attached hydrogen (secondary N) is 2. The number of benzene rings is 2. The number of hydrogen-bond donors (Lipinski definition) is 3. The number of guanidine groups is 1. The van der Waals surface area contributed by atoms with Crippen molar-refractivity contribution in [2.24, 2.45) is 10.7 Å². The van der Waals surface area contributed by atoms with Gasteiger partial charge in [0, 0.05) is 22.4 Å². The van der Waals surface area contributed by atoms with Gasteiger partial charge in [-0.15, -0.1) is 11.8 Å². The highest BCUT2D eigenvalue weighted by Crippen LogP contribution is 2.22. The summed E-state index contributed by atoms with van der Waals surface area (Å²) in [7, 11) is 0. The fourth-order valence-electron chi connectivity index (χ4n) is 2.41. The summed E-state index contributed by atoms with van der Waals surface area (Å²) in [5.74, 6) is 0.914. The first-order chi connectivity index (χ1) is 13.0. The van der Waals surface area contributed by atoms with E-state index < -0.39 is 0 Å². The van der Waals surface area contributed by atoms with Gasteiger partial charge in [-0.2, -0.15) is 4.99 Å². The third-order valence-corrected chi connectivity index (χ3v) is 4.87. The highest BCUT2D eigenvalue weighted by atomic mass is 32.2. The summed E-state index contributed by atoms with van der Waals surface area (Å²) in [6.45, 7) is 4.02. The number of para-hydroxylation sites is 1. The number of anilines is 1. The van der Waals surface area contributed by atoms with Crippen LogP contribution in [0.25, 0.3) is 0 Å². The van der Waals surface area contributed by atoms with Crippen LogP contribution in [0.2, 0.25) is 0 Å². The molecule has 3 aromatic rings. The van der Waals surface area contributed by atoms with Gasteiger partial charge in [0.25, 0.3) is 5.56 Å². The SMILES string of the molecule is Cc1ccc(SCc2cc(=O)[nH]c(N=C(N)Nc3ccccc3C)n2)cc1. The summed E-state index contributed by atoms with van der Waals surface area (Å²) in [5, 5.41) is 3.02. The molecule has 2 aromatic carbocycles. The summed E-state index contributed by atoms with van der Waals surface area (Å²) in [6.07, 6.45) is 0. The fraction of sp³-hybridized carbons (Fsp3) is 0.150. The molecule has 3 rings (SSSR count). The summed E-state index contributed by atoms with van der Waals surface area (Å²) >= 11 is 1.61. The topological polar surface area (TPSA) is 96.2 Å². The molecule has 138 valence electrons. The molecule has 1 aromatic heterocycles. The number of aliphatic imine (C=N–C) groups is 1. The molecule has 1 heterocycles. The average molecular weight is 379 g/mol. The van der Waals surface area contributed by atoms with Crippen molar-refractivity contribution in [1.82, 2.24) is 9.97 Å². The van der Waals surface area contributed by atoms with Crippen molar-refractivity contribution in [3.63, 3.8) is 0 Å². The van der Waals surface area contributed by atoms with Gasteiger partial charge >= 0.3 is 0 Å². The van der Waals surface area contributed by atoms with E-state index in [4.69, 9.17) is 5.73 Å². The normalized spacial score (nSPS) is 11.4. The summed E-state index contributed by atoms with van der Waals surface area (Å²) in [5.41, 5.74) is 9.45. The molecule has 0 unspecified atom stereocenters. The maximum atomic E-state index is 11.9. The highest BCUT2D eigenvalue weighted by molar-refractivity contribution is 7.98. The van der Waals surface area contributed by atoms with Gasteiger partial charge < -0.3 is 11.1 Å². The molecule has 0 saturated heterocycles. The minimum absolute atomic E-state index is 0.163. The number of aromatic amines is 1. The first-order valence-corrected chi connectivity index (χ1v) is 9.45. The van der Waals surface area contributed by atoms with Crippen molar-refractivity contribution in [2.45, 2.75) is 24.5 Å². The van der Waals surface area contributed by atoms with E-state index in [0.717, 1.165) is 16.1 Å². The standard InChI is InChI=1S/C20H21N5OS/c1-13-7-9-16(10-8-13)27-12-15-11-18(26)24-20(22-15)25-19(21)23-17-6-4-3-5-14(17)2/h3-11H,12H2,1-2H3,(H4,21,22,23,24,25,26). The Hall–Kier alpha value is -3.06. The van der Waals surface area contributed by atoms with E-state index in [2.05, 4.69) is 44.5 Å². The van der Waals surface area contributed by atoms with Gasteiger partial charge in [-0.1, -0.05) is 35.9 Å². The zero-order valence-electron chi connectivity index (χ0n) is 15.2. The lowest BCUT2D eigenvalue weighted by atomic mass is 10.2. The van der Waals surface area contributed by atoms with Crippen molar-refractivity contribution in [3.05, 3.63) is 81.8 Å². The van der Waals surface area contributed by atoms with Crippen molar-refractivity contribution < 1.29 is 0 Å². The van der Waals surface area contributed by atoms with E-state index in [9.17, 15) is 4.79 Å². The van der Waals surface area contributed by atoms with Crippen molar-refractivity contribution in [2.75, 3.05) is 5.32 Å². The molecule has 4 N–H and O–H groups in total. The van der Waals surface area contributed by atoms with Crippen LogP contribution >= 0.6 is 11.8 Å². The Balaban J connectivity index is 1.73. The molecule has 27 heavy (non-hydrogen) atoms. The Morgan fingerprint density at radius 2 is 1.93 bits per heavy atom. The van der Waals surface area contributed by atoms with Crippen LogP contribution in [0, 0.1) is 13.8 Å². The fourth-order valence-corrected chi connectivity index (χ4v) is 3.20. The molecule has 0 saturated carbocycles. The van der Waals surface area contributed by atoms with Crippen LogP contribution in [0.15, 0.2) is 69.3 Å². The minimum Gasteiger partial charge on any atom is -0.369 e. The highest BCUT2D eigenvalue weighted by Gasteiger charge is 2.04. The molecule has 7 heteroatoms. The van der Waals surface area contributed by atoms with Gasteiger partial charge in [-0.25, -0.2) is 4.98 Å². The number of thioether (sulfide) groups is 1.